The maximum atomic E-state index is 6.29. The molecule has 0 aromatic rings. The van der Waals surface area contributed by atoms with Crippen LogP contribution in [0.2, 0.25) is 0 Å². The molecule has 1 unspecified atom stereocenters. The number of nitrogens with one attached hydrogen (secondary N) is 1. The molecular weight excluding hydrogens is 226 g/mol. The Labute approximate surface area is 112 Å². The summed E-state index contributed by atoms with van der Waals surface area (Å²) in [5.74, 6) is 0. The van der Waals surface area contributed by atoms with Crippen molar-refractivity contribution in [2.24, 2.45) is 0 Å². The molecule has 18 heavy (non-hydrogen) atoms. The zero-order chi connectivity index (χ0) is 12.8. The lowest BCUT2D eigenvalue weighted by Gasteiger charge is -2.33. The van der Waals surface area contributed by atoms with Crippen LogP contribution in [0.1, 0.15) is 58.8 Å². The maximum Gasteiger partial charge on any atom is 0.0808 e. The van der Waals surface area contributed by atoms with E-state index in [-0.39, 0.29) is 5.60 Å². The quantitative estimate of drug-likeness (QED) is 0.791. The van der Waals surface area contributed by atoms with Crippen molar-refractivity contribution in [2.45, 2.75) is 76.5 Å². The van der Waals surface area contributed by atoms with Gasteiger partial charge < -0.3 is 14.8 Å². The van der Waals surface area contributed by atoms with Crippen LogP contribution < -0.4 is 5.32 Å². The van der Waals surface area contributed by atoms with Gasteiger partial charge >= 0.3 is 0 Å². The standard InChI is InChI=1S/C15H29NO2/c1-13(2)16-12-15(8-4-5-9-15)18-11-14-7-3-6-10-17-14/h13-14,16H,3-12H2,1-2H3. The Kier molecular flexibility index (Phi) is 5.46. The van der Waals surface area contributed by atoms with Crippen molar-refractivity contribution >= 4 is 0 Å². The molecule has 0 radical (unpaired) electrons. The number of hydrogen-bond donors (Lipinski definition) is 1. The van der Waals surface area contributed by atoms with E-state index >= 15 is 0 Å². The van der Waals surface area contributed by atoms with E-state index < -0.39 is 0 Å². The summed E-state index contributed by atoms with van der Waals surface area (Å²) in [5, 5.41) is 3.55. The molecule has 3 nitrogen and oxygen atoms in total. The predicted octanol–water partition coefficient (Wildman–Crippen LogP) is 2.88. The molecule has 0 spiro atoms. The third-order valence-corrected chi connectivity index (χ3v) is 4.20. The smallest absolute Gasteiger partial charge is 0.0808 e. The first-order valence-corrected chi connectivity index (χ1v) is 7.69. The van der Waals surface area contributed by atoms with Crippen LogP contribution >= 0.6 is 0 Å². The summed E-state index contributed by atoms with van der Waals surface area (Å²) in [5.41, 5.74) is 0.0884. The molecule has 106 valence electrons. The van der Waals surface area contributed by atoms with Gasteiger partial charge in [-0.05, 0) is 32.1 Å². The molecule has 1 atom stereocenters. The fourth-order valence-electron chi connectivity index (χ4n) is 2.99. The molecule has 2 aliphatic rings. The Hall–Kier alpha value is -0.120. The van der Waals surface area contributed by atoms with Gasteiger partial charge in [0.25, 0.3) is 0 Å². The van der Waals surface area contributed by atoms with Crippen LogP contribution in [0.25, 0.3) is 0 Å². The molecule has 0 aromatic heterocycles. The van der Waals surface area contributed by atoms with E-state index in [1.54, 1.807) is 0 Å². The summed E-state index contributed by atoms with van der Waals surface area (Å²) >= 11 is 0. The molecule has 3 heteroatoms. The first kappa shape index (κ1) is 14.3. The van der Waals surface area contributed by atoms with Crippen molar-refractivity contribution < 1.29 is 9.47 Å². The van der Waals surface area contributed by atoms with Crippen LogP contribution in [-0.2, 0) is 9.47 Å². The Morgan fingerprint density at radius 1 is 1.22 bits per heavy atom. The third-order valence-electron chi connectivity index (χ3n) is 4.20. The molecule has 1 aliphatic carbocycles. The van der Waals surface area contributed by atoms with Gasteiger partial charge in [0.1, 0.15) is 0 Å². The molecule has 1 aliphatic heterocycles. The fourth-order valence-corrected chi connectivity index (χ4v) is 2.99. The largest absolute Gasteiger partial charge is 0.376 e. The summed E-state index contributed by atoms with van der Waals surface area (Å²) in [7, 11) is 0. The first-order valence-electron chi connectivity index (χ1n) is 7.69. The van der Waals surface area contributed by atoms with Gasteiger partial charge in [-0.15, -0.1) is 0 Å². The molecule has 2 fully saturated rings. The van der Waals surface area contributed by atoms with Crippen molar-refractivity contribution in [3.63, 3.8) is 0 Å². The van der Waals surface area contributed by atoms with Gasteiger partial charge in [0, 0.05) is 19.2 Å². The minimum absolute atomic E-state index is 0.0884. The molecule has 1 heterocycles. The van der Waals surface area contributed by atoms with Gasteiger partial charge in [-0.3, -0.25) is 0 Å². The Balaban J connectivity index is 1.77. The Morgan fingerprint density at radius 3 is 2.61 bits per heavy atom. The van der Waals surface area contributed by atoms with E-state index in [0.717, 1.165) is 19.8 Å². The van der Waals surface area contributed by atoms with Crippen LogP contribution in [0.4, 0.5) is 0 Å². The van der Waals surface area contributed by atoms with E-state index in [0.29, 0.717) is 12.1 Å². The van der Waals surface area contributed by atoms with Gasteiger partial charge in [0.2, 0.25) is 0 Å². The van der Waals surface area contributed by atoms with E-state index in [2.05, 4.69) is 19.2 Å². The summed E-state index contributed by atoms with van der Waals surface area (Å²) in [4.78, 5) is 0. The highest BCUT2D eigenvalue weighted by Gasteiger charge is 2.35. The van der Waals surface area contributed by atoms with E-state index in [4.69, 9.17) is 9.47 Å². The van der Waals surface area contributed by atoms with Crippen molar-refractivity contribution in [1.82, 2.24) is 5.32 Å². The number of hydrogen-bond acceptors (Lipinski definition) is 3. The van der Waals surface area contributed by atoms with E-state index in [1.807, 2.05) is 0 Å². The predicted molar refractivity (Wildman–Crippen MR) is 73.9 cm³/mol. The normalized spacial score (nSPS) is 27.8. The Morgan fingerprint density at radius 2 is 2.00 bits per heavy atom. The minimum atomic E-state index is 0.0884. The Bertz CT molecular complexity index is 231. The summed E-state index contributed by atoms with van der Waals surface area (Å²) < 4.78 is 12.1. The second-order valence-corrected chi connectivity index (χ2v) is 6.23. The highest BCUT2D eigenvalue weighted by molar-refractivity contribution is 4.89. The summed E-state index contributed by atoms with van der Waals surface area (Å²) in [6, 6.07) is 0.539. The van der Waals surface area contributed by atoms with Crippen LogP contribution in [0.15, 0.2) is 0 Å². The molecule has 0 amide bonds. The van der Waals surface area contributed by atoms with Crippen LogP contribution in [0.5, 0.6) is 0 Å². The van der Waals surface area contributed by atoms with Gasteiger partial charge in [-0.1, -0.05) is 26.7 Å². The highest BCUT2D eigenvalue weighted by Crippen LogP contribution is 2.33. The van der Waals surface area contributed by atoms with Crippen molar-refractivity contribution in [1.29, 1.82) is 0 Å². The summed E-state index contributed by atoms with van der Waals surface area (Å²) in [6.45, 7) is 7.11. The molecule has 0 aromatic carbocycles. The SMILES string of the molecule is CC(C)NCC1(OCC2CCCCO2)CCCC1. The second kappa shape index (κ2) is 6.88. The molecule has 2 rings (SSSR count). The topological polar surface area (TPSA) is 30.5 Å². The van der Waals surface area contributed by atoms with Crippen LogP contribution in [-0.4, -0.2) is 37.5 Å². The van der Waals surface area contributed by atoms with Gasteiger partial charge in [0.05, 0.1) is 18.3 Å². The van der Waals surface area contributed by atoms with E-state index in [9.17, 15) is 0 Å². The minimum Gasteiger partial charge on any atom is -0.376 e. The van der Waals surface area contributed by atoms with Gasteiger partial charge in [-0.25, -0.2) is 0 Å². The van der Waals surface area contributed by atoms with E-state index in [1.165, 1.54) is 44.9 Å². The second-order valence-electron chi connectivity index (χ2n) is 6.23. The van der Waals surface area contributed by atoms with Crippen LogP contribution in [0.3, 0.4) is 0 Å². The fraction of sp³-hybridized carbons (Fsp3) is 1.00. The lowest BCUT2D eigenvalue weighted by Crippen LogP contribution is -2.44. The third kappa shape index (κ3) is 4.22. The number of ether oxygens (including phenoxy) is 2. The average Bonchev–Trinajstić information content (AvgIpc) is 2.85. The average molecular weight is 255 g/mol. The van der Waals surface area contributed by atoms with Crippen LogP contribution in [0, 0.1) is 0 Å². The first-order chi connectivity index (χ1) is 8.70. The molecule has 1 N–H and O–H groups in total. The molecule has 1 saturated heterocycles. The summed E-state index contributed by atoms with van der Waals surface area (Å²) in [6.07, 6.45) is 9.07. The van der Waals surface area contributed by atoms with Gasteiger partial charge in [0.15, 0.2) is 0 Å². The lowest BCUT2D eigenvalue weighted by molar-refractivity contribution is -0.104. The van der Waals surface area contributed by atoms with Crippen molar-refractivity contribution in [3.8, 4) is 0 Å². The number of rotatable bonds is 6. The molecular formula is C15H29NO2. The van der Waals surface area contributed by atoms with Crippen molar-refractivity contribution in [3.05, 3.63) is 0 Å². The van der Waals surface area contributed by atoms with Gasteiger partial charge in [-0.2, -0.15) is 0 Å². The zero-order valence-electron chi connectivity index (χ0n) is 12.0. The molecule has 1 saturated carbocycles. The zero-order valence-corrected chi connectivity index (χ0v) is 12.0. The molecule has 0 bridgehead atoms. The maximum absolute atomic E-state index is 6.29. The van der Waals surface area contributed by atoms with Crippen molar-refractivity contribution in [2.75, 3.05) is 19.8 Å². The monoisotopic (exact) mass is 255 g/mol. The highest BCUT2D eigenvalue weighted by atomic mass is 16.5. The lowest BCUT2D eigenvalue weighted by atomic mass is 10.0.